The Morgan fingerprint density at radius 1 is 1.24 bits per heavy atom. The van der Waals surface area contributed by atoms with E-state index in [9.17, 15) is 0 Å². The number of hydrogen-bond donors (Lipinski definition) is 1. The van der Waals surface area contributed by atoms with Crippen molar-refractivity contribution in [3.63, 3.8) is 0 Å². The van der Waals surface area contributed by atoms with Crippen LogP contribution in [0.3, 0.4) is 0 Å². The van der Waals surface area contributed by atoms with Crippen molar-refractivity contribution in [3.8, 4) is 0 Å². The third-order valence-corrected chi connectivity index (χ3v) is 3.68. The number of pyridine rings is 1. The van der Waals surface area contributed by atoms with Gasteiger partial charge in [-0.2, -0.15) is 0 Å². The summed E-state index contributed by atoms with van der Waals surface area (Å²) >= 11 is 0. The van der Waals surface area contributed by atoms with Crippen LogP contribution >= 0.6 is 0 Å². The largest absolute Gasteiger partial charge is 0.378 e. The van der Waals surface area contributed by atoms with Crippen LogP contribution in [0, 0.1) is 0 Å². The highest BCUT2D eigenvalue weighted by atomic mass is 16.5. The van der Waals surface area contributed by atoms with Crippen molar-refractivity contribution in [3.05, 3.63) is 36.5 Å². The first kappa shape index (κ1) is 13.9. The molecule has 2 aromatic heterocycles. The molecule has 0 bridgehead atoms. The zero-order valence-electron chi connectivity index (χ0n) is 12.3. The van der Waals surface area contributed by atoms with Gasteiger partial charge in [-0.1, -0.05) is 0 Å². The van der Waals surface area contributed by atoms with Crippen LogP contribution in [0.25, 0.3) is 0 Å². The summed E-state index contributed by atoms with van der Waals surface area (Å²) in [6, 6.07) is 4.02. The van der Waals surface area contributed by atoms with Crippen molar-refractivity contribution >= 4 is 11.5 Å². The maximum absolute atomic E-state index is 5.41. The molecule has 6 heteroatoms. The molecule has 1 saturated heterocycles. The predicted molar refractivity (Wildman–Crippen MR) is 82.5 cm³/mol. The molecule has 6 nitrogen and oxygen atoms in total. The van der Waals surface area contributed by atoms with E-state index in [1.54, 1.807) is 0 Å². The first-order valence-electron chi connectivity index (χ1n) is 7.40. The second kappa shape index (κ2) is 6.58. The molecule has 0 atom stereocenters. The van der Waals surface area contributed by atoms with Crippen LogP contribution in [-0.2, 0) is 17.8 Å². The van der Waals surface area contributed by atoms with Crippen LogP contribution in [-0.4, -0.2) is 40.8 Å². The molecule has 0 radical (unpaired) electrons. The molecule has 0 unspecified atom stereocenters. The summed E-state index contributed by atoms with van der Waals surface area (Å²) < 4.78 is 7.54. The van der Waals surface area contributed by atoms with Gasteiger partial charge in [0.05, 0.1) is 25.4 Å². The molecule has 21 heavy (non-hydrogen) atoms. The zero-order valence-corrected chi connectivity index (χ0v) is 12.3. The summed E-state index contributed by atoms with van der Waals surface area (Å²) in [6.07, 6.45) is 5.68. The Bertz CT molecular complexity index is 577. The zero-order chi connectivity index (χ0) is 14.5. The molecule has 2 aromatic rings. The van der Waals surface area contributed by atoms with Crippen molar-refractivity contribution in [2.75, 3.05) is 36.5 Å². The Kier molecular flexibility index (Phi) is 4.35. The van der Waals surface area contributed by atoms with E-state index in [1.165, 1.54) is 0 Å². The number of aryl methyl sites for hydroxylation is 1. The van der Waals surface area contributed by atoms with E-state index in [2.05, 4.69) is 37.7 Å². The van der Waals surface area contributed by atoms with Crippen molar-refractivity contribution < 1.29 is 4.74 Å². The van der Waals surface area contributed by atoms with Crippen LogP contribution in [0.5, 0.6) is 0 Å². The minimum atomic E-state index is 0.698. The van der Waals surface area contributed by atoms with Crippen molar-refractivity contribution in [1.29, 1.82) is 0 Å². The number of rotatable bonds is 5. The molecule has 1 N–H and O–H groups in total. The van der Waals surface area contributed by atoms with E-state index >= 15 is 0 Å². The van der Waals surface area contributed by atoms with E-state index in [1.807, 2.05) is 24.7 Å². The molecule has 112 valence electrons. The molecule has 1 fully saturated rings. The van der Waals surface area contributed by atoms with Gasteiger partial charge < -0.3 is 19.5 Å². The van der Waals surface area contributed by atoms with Gasteiger partial charge in [0.1, 0.15) is 5.82 Å². The molecular weight excluding hydrogens is 266 g/mol. The van der Waals surface area contributed by atoms with Crippen LogP contribution in [0.15, 0.2) is 30.7 Å². The SMILES string of the molecule is CCn1ccnc1CNc1cccnc1N1CCOCC1. The van der Waals surface area contributed by atoms with E-state index in [0.29, 0.717) is 6.54 Å². The summed E-state index contributed by atoms with van der Waals surface area (Å²) in [5.74, 6) is 2.03. The normalized spacial score (nSPS) is 15.2. The maximum Gasteiger partial charge on any atom is 0.152 e. The van der Waals surface area contributed by atoms with Gasteiger partial charge in [0.15, 0.2) is 5.82 Å². The molecular formula is C15H21N5O. The molecule has 3 rings (SSSR count). The second-order valence-electron chi connectivity index (χ2n) is 4.96. The van der Waals surface area contributed by atoms with Gasteiger partial charge >= 0.3 is 0 Å². The lowest BCUT2D eigenvalue weighted by Crippen LogP contribution is -2.37. The lowest BCUT2D eigenvalue weighted by molar-refractivity contribution is 0.122. The standard InChI is InChI=1S/C15H21N5O/c1-2-19-7-6-16-14(19)12-18-13-4-3-5-17-15(13)20-8-10-21-11-9-20/h3-7,18H,2,8-12H2,1H3. The highest BCUT2D eigenvalue weighted by molar-refractivity contribution is 5.65. The molecule has 1 aliphatic heterocycles. The number of morpholine rings is 1. The van der Waals surface area contributed by atoms with Crippen LogP contribution in [0.4, 0.5) is 11.5 Å². The van der Waals surface area contributed by atoms with Crippen LogP contribution < -0.4 is 10.2 Å². The first-order valence-corrected chi connectivity index (χ1v) is 7.40. The Morgan fingerprint density at radius 2 is 2.10 bits per heavy atom. The maximum atomic E-state index is 5.41. The highest BCUT2D eigenvalue weighted by Crippen LogP contribution is 2.23. The molecule has 0 amide bonds. The van der Waals surface area contributed by atoms with Gasteiger partial charge in [-0.05, 0) is 19.1 Å². The smallest absolute Gasteiger partial charge is 0.152 e. The molecule has 3 heterocycles. The van der Waals surface area contributed by atoms with E-state index in [-0.39, 0.29) is 0 Å². The molecule has 0 aromatic carbocycles. The minimum Gasteiger partial charge on any atom is -0.378 e. The average molecular weight is 287 g/mol. The second-order valence-corrected chi connectivity index (χ2v) is 4.96. The first-order chi connectivity index (χ1) is 10.4. The lowest BCUT2D eigenvalue weighted by atomic mass is 10.3. The highest BCUT2D eigenvalue weighted by Gasteiger charge is 2.15. The predicted octanol–water partition coefficient (Wildman–Crippen LogP) is 1.75. The third-order valence-electron chi connectivity index (χ3n) is 3.68. The van der Waals surface area contributed by atoms with Gasteiger partial charge in [-0.25, -0.2) is 9.97 Å². The van der Waals surface area contributed by atoms with Crippen molar-refractivity contribution in [2.24, 2.45) is 0 Å². The number of ether oxygens (including phenoxy) is 1. The topological polar surface area (TPSA) is 55.2 Å². The summed E-state index contributed by atoms with van der Waals surface area (Å²) in [6.45, 7) is 7.04. The fourth-order valence-corrected chi connectivity index (χ4v) is 2.53. The van der Waals surface area contributed by atoms with Crippen molar-refractivity contribution in [1.82, 2.24) is 14.5 Å². The van der Waals surface area contributed by atoms with Gasteiger partial charge in [0.2, 0.25) is 0 Å². The lowest BCUT2D eigenvalue weighted by Gasteiger charge is -2.29. The van der Waals surface area contributed by atoms with Gasteiger partial charge in [0, 0.05) is 38.2 Å². The molecule has 1 aliphatic rings. The number of aromatic nitrogens is 3. The van der Waals surface area contributed by atoms with E-state index in [0.717, 1.165) is 50.2 Å². The summed E-state index contributed by atoms with van der Waals surface area (Å²) in [5, 5.41) is 3.46. The van der Waals surface area contributed by atoms with E-state index < -0.39 is 0 Å². The summed E-state index contributed by atoms with van der Waals surface area (Å²) in [4.78, 5) is 11.2. The number of nitrogens with one attached hydrogen (secondary N) is 1. The Labute approximate surface area is 124 Å². The Morgan fingerprint density at radius 3 is 2.90 bits per heavy atom. The number of imidazole rings is 1. The molecule has 0 saturated carbocycles. The van der Waals surface area contributed by atoms with Crippen LogP contribution in [0.1, 0.15) is 12.7 Å². The summed E-state index contributed by atoms with van der Waals surface area (Å²) in [7, 11) is 0. The number of hydrogen-bond acceptors (Lipinski definition) is 5. The van der Waals surface area contributed by atoms with Gasteiger partial charge in [-0.15, -0.1) is 0 Å². The van der Waals surface area contributed by atoms with Gasteiger partial charge in [0.25, 0.3) is 0 Å². The summed E-state index contributed by atoms with van der Waals surface area (Å²) in [5.41, 5.74) is 1.05. The molecule has 0 spiro atoms. The number of anilines is 2. The monoisotopic (exact) mass is 287 g/mol. The number of nitrogens with zero attached hydrogens (tertiary/aromatic N) is 4. The average Bonchev–Trinajstić information content (AvgIpc) is 3.01. The third kappa shape index (κ3) is 3.16. The quantitative estimate of drug-likeness (QED) is 0.908. The molecule has 0 aliphatic carbocycles. The van der Waals surface area contributed by atoms with Crippen molar-refractivity contribution in [2.45, 2.75) is 20.0 Å². The minimum absolute atomic E-state index is 0.698. The van der Waals surface area contributed by atoms with Gasteiger partial charge in [-0.3, -0.25) is 0 Å². The fraction of sp³-hybridized carbons (Fsp3) is 0.467. The Balaban J connectivity index is 1.73. The fourth-order valence-electron chi connectivity index (χ4n) is 2.53. The Hall–Kier alpha value is -2.08. The van der Waals surface area contributed by atoms with Crippen LogP contribution in [0.2, 0.25) is 0 Å². The van der Waals surface area contributed by atoms with E-state index in [4.69, 9.17) is 4.74 Å².